The average Bonchev–Trinajstić information content (AvgIpc) is 3.16. The van der Waals surface area contributed by atoms with Crippen LogP contribution in [0, 0.1) is 5.92 Å². The van der Waals surface area contributed by atoms with Gasteiger partial charge < -0.3 is 18.8 Å². The molecule has 0 radical (unpaired) electrons. The largest absolute Gasteiger partial charge is 0.497 e. The van der Waals surface area contributed by atoms with Crippen molar-refractivity contribution in [2.75, 3.05) is 31.7 Å². The maximum absolute atomic E-state index is 6.01. The predicted molar refractivity (Wildman–Crippen MR) is 102 cm³/mol. The number of hydrogen-bond donors (Lipinski definition) is 0. The monoisotopic (exact) mass is 368 g/mol. The SMILES string of the molecule is CCc1nc2c(N3CCC[C@@H](COc4cccc(OC)c4)C3)ncnc2o1. The van der Waals surface area contributed by atoms with Crippen molar-refractivity contribution in [2.24, 2.45) is 5.92 Å². The molecule has 0 amide bonds. The summed E-state index contributed by atoms with van der Waals surface area (Å²) in [7, 11) is 1.66. The van der Waals surface area contributed by atoms with Crippen molar-refractivity contribution in [3.8, 4) is 11.5 Å². The van der Waals surface area contributed by atoms with E-state index in [0.717, 1.165) is 55.2 Å². The van der Waals surface area contributed by atoms with Crippen LogP contribution in [-0.4, -0.2) is 41.8 Å². The van der Waals surface area contributed by atoms with Crippen LogP contribution >= 0.6 is 0 Å². The van der Waals surface area contributed by atoms with Crippen LogP contribution in [0.1, 0.15) is 25.7 Å². The van der Waals surface area contributed by atoms with Crippen LogP contribution in [0.2, 0.25) is 0 Å². The van der Waals surface area contributed by atoms with Crippen LogP contribution in [0.3, 0.4) is 0 Å². The Hall–Kier alpha value is -2.83. The smallest absolute Gasteiger partial charge is 0.252 e. The summed E-state index contributed by atoms with van der Waals surface area (Å²) in [5, 5.41) is 0. The van der Waals surface area contributed by atoms with E-state index in [1.165, 1.54) is 0 Å². The van der Waals surface area contributed by atoms with Crippen LogP contribution in [0.4, 0.5) is 5.82 Å². The summed E-state index contributed by atoms with van der Waals surface area (Å²) in [6.45, 7) is 4.52. The van der Waals surface area contributed by atoms with E-state index in [1.54, 1.807) is 13.4 Å². The number of hydrogen-bond acceptors (Lipinski definition) is 7. The number of aromatic nitrogens is 3. The molecule has 0 spiro atoms. The van der Waals surface area contributed by atoms with E-state index in [4.69, 9.17) is 13.9 Å². The summed E-state index contributed by atoms with van der Waals surface area (Å²) in [4.78, 5) is 15.5. The van der Waals surface area contributed by atoms with Crippen molar-refractivity contribution in [1.29, 1.82) is 0 Å². The summed E-state index contributed by atoms with van der Waals surface area (Å²) in [5.41, 5.74) is 1.32. The molecule has 3 aromatic rings. The Morgan fingerprint density at radius 2 is 2.15 bits per heavy atom. The molecule has 1 saturated heterocycles. The summed E-state index contributed by atoms with van der Waals surface area (Å²) in [6.07, 6.45) is 4.52. The van der Waals surface area contributed by atoms with Gasteiger partial charge in [0.05, 0.1) is 13.7 Å². The van der Waals surface area contributed by atoms with E-state index < -0.39 is 0 Å². The highest BCUT2D eigenvalue weighted by Gasteiger charge is 2.24. The minimum Gasteiger partial charge on any atom is -0.497 e. The molecule has 7 nitrogen and oxygen atoms in total. The van der Waals surface area contributed by atoms with Crippen LogP contribution in [0.15, 0.2) is 35.0 Å². The van der Waals surface area contributed by atoms with Crippen molar-refractivity contribution in [2.45, 2.75) is 26.2 Å². The molecule has 1 aliphatic rings. The zero-order valence-electron chi connectivity index (χ0n) is 15.7. The quantitative estimate of drug-likeness (QED) is 0.659. The third-order valence-corrected chi connectivity index (χ3v) is 4.87. The molecule has 0 saturated carbocycles. The number of fused-ring (bicyclic) bond motifs is 1. The Morgan fingerprint density at radius 3 is 3.00 bits per heavy atom. The number of aryl methyl sites for hydroxylation is 1. The minimum absolute atomic E-state index is 0.424. The Labute approximate surface area is 158 Å². The van der Waals surface area contributed by atoms with Gasteiger partial charge in [0.2, 0.25) is 0 Å². The second kappa shape index (κ2) is 7.82. The lowest BCUT2D eigenvalue weighted by Crippen LogP contribution is -2.38. The van der Waals surface area contributed by atoms with Crippen molar-refractivity contribution in [3.63, 3.8) is 0 Å². The van der Waals surface area contributed by atoms with E-state index in [2.05, 4.69) is 19.9 Å². The molecule has 27 heavy (non-hydrogen) atoms. The van der Waals surface area contributed by atoms with Gasteiger partial charge in [-0.2, -0.15) is 4.98 Å². The van der Waals surface area contributed by atoms with E-state index in [0.29, 0.717) is 24.1 Å². The molecule has 142 valence electrons. The van der Waals surface area contributed by atoms with Crippen molar-refractivity contribution >= 4 is 17.0 Å². The maximum Gasteiger partial charge on any atom is 0.252 e. The second-order valence-corrected chi connectivity index (χ2v) is 6.76. The van der Waals surface area contributed by atoms with E-state index in [9.17, 15) is 0 Å². The van der Waals surface area contributed by atoms with Gasteiger partial charge >= 0.3 is 0 Å². The maximum atomic E-state index is 6.01. The highest BCUT2D eigenvalue weighted by atomic mass is 16.5. The third-order valence-electron chi connectivity index (χ3n) is 4.87. The van der Waals surface area contributed by atoms with E-state index in [1.807, 2.05) is 31.2 Å². The number of oxazole rings is 1. The lowest BCUT2D eigenvalue weighted by atomic mass is 9.99. The molecular formula is C20H24N4O3. The summed E-state index contributed by atoms with van der Waals surface area (Å²) >= 11 is 0. The molecule has 0 unspecified atom stereocenters. The topological polar surface area (TPSA) is 73.5 Å². The molecule has 1 fully saturated rings. The lowest BCUT2D eigenvalue weighted by Gasteiger charge is -2.33. The molecule has 7 heteroatoms. The number of methoxy groups -OCH3 is 1. The third kappa shape index (κ3) is 3.82. The van der Waals surface area contributed by atoms with Gasteiger partial charge in [-0.05, 0) is 25.0 Å². The fraction of sp³-hybridized carbons (Fsp3) is 0.450. The van der Waals surface area contributed by atoms with Crippen LogP contribution in [0.5, 0.6) is 11.5 Å². The number of rotatable bonds is 6. The van der Waals surface area contributed by atoms with Crippen molar-refractivity contribution in [1.82, 2.24) is 15.0 Å². The first-order valence-electron chi connectivity index (χ1n) is 9.39. The number of ether oxygens (including phenoxy) is 2. The molecule has 0 aliphatic carbocycles. The van der Waals surface area contributed by atoms with Gasteiger partial charge in [-0.3, -0.25) is 0 Å². The van der Waals surface area contributed by atoms with Gasteiger partial charge in [0, 0.05) is 31.5 Å². The minimum atomic E-state index is 0.424. The van der Waals surface area contributed by atoms with Gasteiger partial charge in [0.15, 0.2) is 17.2 Å². The van der Waals surface area contributed by atoms with Crippen molar-refractivity contribution < 1.29 is 13.9 Å². The number of nitrogens with zero attached hydrogens (tertiary/aromatic N) is 4. The fourth-order valence-electron chi connectivity index (χ4n) is 3.47. The summed E-state index contributed by atoms with van der Waals surface area (Å²) in [5.74, 6) is 3.61. The van der Waals surface area contributed by atoms with Gasteiger partial charge in [-0.25, -0.2) is 9.97 Å². The zero-order chi connectivity index (χ0) is 18.6. The van der Waals surface area contributed by atoms with E-state index in [-0.39, 0.29) is 0 Å². The number of piperidine rings is 1. The van der Waals surface area contributed by atoms with Gasteiger partial charge in [-0.15, -0.1) is 0 Å². The Balaban J connectivity index is 1.46. The molecule has 1 aliphatic heterocycles. The highest BCUT2D eigenvalue weighted by Crippen LogP contribution is 2.28. The standard InChI is InChI=1S/C20H24N4O3/c1-3-17-23-18-19(21-13-22-20(18)27-17)24-9-5-6-14(11-24)12-26-16-8-4-7-15(10-16)25-2/h4,7-8,10,13-14H,3,5-6,9,11-12H2,1-2H3/t14-/m1/s1. The predicted octanol–water partition coefficient (Wildman–Crippen LogP) is 3.48. The average molecular weight is 368 g/mol. The van der Waals surface area contributed by atoms with Crippen LogP contribution in [-0.2, 0) is 6.42 Å². The molecule has 0 bridgehead atoms. The number of benzene rings is 1. The highest BCUT2D eigenvalue weighted by molar-refractivity contribution is 5.81. The molecule has 3 heterocycles. The van der Waals surface area contributed by atoms with Crippen LogP contribution < -0.4 is 14.4 Å². The van der Waals surface area contributed by atoms with Crippen LogP contribution in [0.25, 0.3) is 11.2 Å². The summed E-state index contributed by atoms with van der Waals surface area (Å²) in [6, 6.07) is 7.72. The first-order chi connectivity index (χ1) is 13.3. The van der Waals surface area contributed by atoms with Gasteiger partial charge in [0.25, 0.3) is 5.71 Å². The molecule has 4 rings (SSSR count). The first kappa shape index (κ1) is 17.6. The second-order valence-electron chi connectivity index (χ2n) is 6.76. The fourth-order valence-corrected chi connectivity index (χ4v) is 3.47. The Kier molecular flexibility index (Phi) is 5.09. The van der Waals surface area contributed by atoms with Gasteiger partial charge in [-0.1, -0.05) is 13.0 Å². The summed E-state index contributed by atoms with van der Waals surface area (Å²) < 4.78 is 16.9. The molecule has 2 aromatic heterocycles. The molecular weight excluding hydrogens is 344 g/mol. The first-order valence-corrected chi connectivity index (χ1v) is 9.39. The normalized spacial score (nSPS) is 17.3. The Morgan fingerprint density at radius 1 is 1.26 bits per heavy atom. The molecule has 1 aromatic carbocycles. The van der Waals surface area contributed by atoms with Gasteiger partial charge in [0.1, 0.15) is 17.8 Å². The zero-order valence-corrected chi connectivity index (χ0v) is 15.7. The number of anilines is 1. The van der Waals surface area contributed by atoms with Crippen molar-refractivity contribution in [3.05, 3.63) is 36.5 Å². The van der Waals surface area contributed by atoms with E-state index >= 15 is 0 Å². The lowest BCUT2D eigenvalue weighted by molar-refractivity contribution is 0.228. The Bertz CT molecular complexity index is 911. The molecule has 1 atom stereocenters. The molecule has 0 N–H and O–H groups in total.